The van der Waals surface area contributed by atoms with Gasteiger partial charge in [0.2, 0.25) is 0 Å². The van der Waals surface area contributed by atoms with E-state index in [-0.39, 0.29) is 11.9 Å². The first-order valence-electron chi connectivity index (χ1n) is 6.88. The van der Waals surface area contributed by atoms with Crippen LogP contribution in [0.25, 0.3) is 0 Å². The maximum atomic E-state index is 12.4. The highest BCUT2D eigenvalue weighted by atomic mass is 16.5. The molecule has 0 saturated carbocycles. The molecule has 1 fully saturated rings. The zero-order valence-electron chi connectivity index (χ0n) is 12.7. The Morgan fingerprint density at radius 1 is 1.18 bits per heavy atom. The predicted molar refractivity (Wildman–Crippen MR) is 80.2 cm³/mol. The maximum Gasteiger partial charge on any atom is 0.333 e. The van der Waals surface area contributed by atoms with Crippen LogP contribution in [-0.2, 0) is 11.3 Å². The van der Waals surface area contributed by atoms with Crippen molar-refractivity contribution in [2.45, 2.75) is 12.6 Å². The van der Waals surface area contributed by atoms with Crippen LogP contribution >= 0.6 is 0 Å². The van der Waals surface area contributed by atoms with E-state index in [1.165, 1.54) is 11.9 Å². The summed E-state index contributed by atoms with van der Waals surface area (Å²) in [6.45, 7) is 0.531. The summed E-state index contributed by atoms with van der Waals surface area (Å²) in [5, 5.41) is 0. The normalized spacial score (nSPS) is 20.8. The summed E-state index contributed by atoms with van der Waals surface area (Å²) in [6.07, 6.45) is 1.62. The van der Waals surface area contributed by atoms with Crippen molar-refractivity contribution in [2.24, 2.45) is 4.99 Å². The molecule has 0 spiro atoms. The van der Waals surface area contributed by atoms with Crippen molar-refractivity contribution in [3.05, 3.63) is 29.8 Å². The van der Waals surface area contributed by atoms with E-state index in [1.807, 2.05) is 28.8 Å². The molecule has 0 radical (unpaired) electrons. The van der Waals surface area contributed by atoms with Gasteiger partial charge < -0.3 is 4.74 Å². The SMILES string of the molecule is COc1ccc(C[N+]2=CN=C3C2C(=O)N(C)C(=O)N3C)cc1. The highest BCUT2D eigenvalue weighted by molar-refractivity contribution is 6.21. The summed E-state index contributed by atoms with van der Waals surface area (Å²) >= 11 is 0. The van der Waals surface area contributed by atoms with Crippen LogP contribution in [0.3, 0.4) is 0 Å². The van der Waals surface area contributed by atoms with Gasteiger partial charge in [0.25, 0.3) is 24.1 Å². The van der Waals surface area contributed by atoms with E-state index in [4.69, 9.17) is 4.74 Å². The summed E-state index contributed by atoms with van der Waals surface area (Å²) in [4.78, 5) is 31.1. The minimum Gasteiger partial charge on any atom is -0.497 e. The molecule has 0 N–H and O–H groups in total. The minimum absolute atomic E-state index is 0.260. The fourth-order valence-corrected chi connectivity index (χ4v) is 2.62. The Morgan fingerprint density at radius 3 is 2.50 bits per heavy atom. The topological polar surface area (TPSA) is 65.2 Å². The molecule has 1 unspecified atom stereocenters. The average Bonchev–Trinajstić information content (AvgIpc) is 2.95. The second kappa shape index (κ2) is 5.25. The van der Waals surface area contributed by atoms with Crippen LogP contribution in [0.2, 0.25) is 0 Å². The number of nitrogens with zero attached hydrogens (tertiary/aromatic N) is 4. The number of likely N-dealkylation sites (N-methyl/N-ethyl adjacent to an activating group) is 2. The minimum atomic E-state index is -0.546. The van der Waals surface area contributed by atoms with Gasteiger partial charge in [0.1, 0.15) is 12.3 Å². The second-order valence-corrected chi connectivity index (χ2v) is 5.26. The number of aliphatic imine (C=N–C) groups is 1. The third-order valence-corrected chi connectivity index (χ3v) is 3.92. The molecule has 7 heteroatoms. The van der Waals surface area contributed by atoms with Crippen molar-refractivity contribution >= 4 is 24.1 Å². The standard InChI is InChI=1S/C15H17N4O3/c1-17-13-12(14(20)18(2)15(17)21)19(9-16-13)8-10-4-6-11(22-3)7-5-10/h4-7,9,12H,8H2,1-3H3/q+1. The van der Waals surface area contributed by atoms with Gasteiger partial charge in [-0.1, -0.05) is 12.1 Å². The number of ether oxygens (including phenoxy) is 1. The number of amidine groups is 1. The first-order chi connectivity index (χ1) is 10.5. The highest BCUT2D eigenvalue weighted by Crippen LogP contribution is 2.19. The molecule has 1 aromatic rings. The number of amides is 3. The van der Waals surface area contributed by atoms with Crippen molar-refractivity contribution in [1.29, 1.82) is 0 Å². The molecule has 114 valence electrons. The number of imide groups is 1. The monoisotopic (exact) mass is 301 g/mol. The molecule has 2 aliphatic heterocycles. The fraction of sp³-hybridized carbons (Fsp3) is 0.333. The van der Waals surface area contributed by atoms with Crippen LogP contribution in [-0.4, -0.2) is 65.7 Å². The van der Waals surface area contributed by atoms with Gasteiger partial charge in [-0.2, -0.15) is 0 Å². The third kappa shape index (κ3) is 2.14. The van der Waals surface area contributed by atoms with E-state index >= 15 is 0 Å². The summed E-state index contributed by atoms with van der Waals surface area (Å²) in [5.41, 5.74) is 1.03. The van der Waals surface area contributed by atoms with E-state index in [9.17, 15) is 9.59 Å². The molecular formula is C15H17N4O3+. The average molecular weight is 301 g/mol. The number of carbonyl (C=O) groups is 2. The van der Waals surface area contributed by atoms with E-state index in [2.05, 4.69) is 4.99 Å². The van der Waals surface area contributed by atoms with Crippen molar-refractivity contribution < 1.29 is 18.9 Å². The Balaban J connectivity index is 1.82. The van der Waals surface area contributed by atoms with E-state index in [0.717, 1.165) is 16.2 Å². The maximum absolute atomic E-state index is 12.4. The molecule has 2 aliphatic rings. The van der Waals surface area contributed by atoms with Crippen LogP contribution in [0.1, 0.15) is 5.56 Å². The molecule has 0 bridgehead atoms. The number of hydrogen-bond acceptors (Lipinski definition) is 4. The van der Waals surface area contributed by atoms with Crippen LogP contribution in [0.15, 0.2) is 29.3 Å². The quantitative estimate of drug-likeness (QED) is 0.765. The summed E-state index contributed by atoms with van der Waals surface area (Å²) in [5.74, 6) is 0.996. The Bertz CT molecular complexity index is 693. The first-order valence-corrected chi connectivity index (χ1v) is 6.88. The number of fused-ring (bicyclic) bond motifs is 1. The summed E-state index contributed by atoms with van der Waals surface area (Å²) in [6, 6.07) is 6.72. The number of urea groups is 1. The molecule has 7 nitrogen and oxygen atoms in total. The summed E-state index contributed by atoms with van der Waals surface area (Å²) < 4.78 is 6.97. The van der Waals surface area contributed by atoms with Crippen molar-refractivity contribution in [3.8, 4) is 5.75 Å². The van der Waals surface area contributed by atoms with Gasteiger partial charge in [0, 0.05) is 14.1 Å². The summed E-state index contributed by atoms with van der Waals surface area (Å²) in [7, 11) is 4.73. The number of rotatable bonds is 3. The largest absolute Gasteiger partial charge is 0.497 e. The highest BCUT2D eigenvalue weighted by Gasteiger charge is 2.50. The fourth-order valence-electron chi connectivity index (χ4n) is 2.62. The van der Waals surface area contributed by atoms with Crippen molar-refractivity contribution in [2.75, 3.05) is 21.2 Å². The van der Waals surface area contributed by atoms with Gasteiger partial charge in [-0.05, 0) is 22.7 Å². The Morgan fingerprint density at radius 2 is 1.86 bits per heavy atom. The lowest BCUT2D eigenvalue weighted by atomic mass is 10.1. The van der Waals surface area contributed by atoms with Gasteiger partial charge in [-0.25, -0.2) is 9.37 Å². The molecule has 3 amide bonds. The van der Waals surface area contributed by atoms with Crippen LogP contribution in [0.4, 0.5) is 4.79 Å². The first kappa shape index (κ1) is 14.2. The Labute approximate surface area is 128 Å². The van der Waals surface area contributed by atoms with Gasteiger partial charge in [0.05, 0.1) is 7.11 Å². The molecule has 1 saturated heterocycles. The van der Waals surface area contributed by atoms with E-state index < -0.39 is 6.04 Å². The molecule has 0 aliphatic carbocycles. The number of methoxy groups -OCH3 is 1. The number of hydrogen-bond donors (Lipinski definition) is 0. The second-order valence-electron chi connectivity index (χ2n) is 5.26. The Hall–Kier alpha value is -2.70. The van der Waals surface area contributed by atoms with E-state index in [1.54, 1.807) is 20.5 Å². The zero-order valence-corrected chi connectivity index (χ0v) is 12.7. The molecular weight excluding hydrogens is 284 g/mol. The molecule has 2 heterocycles. The smallest absolute Gasteiger partial charge is 0.333 e. The van der Waals surface area contributed by atoms with Crippen molar-refractivity contribution in [3.63, 3.8) is 0 Å². The number of carbonyl (C=O) groups excluding carboxylic acids is 2. The molecule has 1 atom stereocenters. The molecule has 3 rings (SSSR count). The lowest BCUT2D eigenvalue weighted by Gasteiger charge is -2.30. The molecule has 22 heavy (non-hydrogen) atoms. The number of benzene rings is 1. The van der Waals surface area contributed by atoms with Crippen molar-refractivity contribution in [1.82, 2.24) is 9.80 Å². The molecule has 0 aromatic heterocycles. The predicted octanol–water partition coefficient (Wildman–Crippen LogP) is 0.540. The lowest BCUT2D eigenvalue weighted by molar-refractivity contribution is -0.546. The lowest BCUT2D eigenvalue weighted by Crippen LogP contribution is -2.61. The van der Waals surface area contributed by atoms with Gasteiger partial charge in [0.15, 0.2) is 0 Å². The van der Waals surface area contributed by atoms with E-state index in [0.29, 0.717) is 12.4 Å². The third-order valence-electron chi connectivity index (χ3n) is 3.92. The van der Waals surface area contributed by atoms with Gasteiger partial charge in [-0.15, -0.1) is 0 Å². The van der Waals surface area contributed by atoms with Crippen LogP contribution in [0, 0.1) is 0 Å². The van der Waals surface area contributed by atoms with Crippen LogP contribution < -0.4 is 4.74 Å². The Kier molecular flexibility index (Phi) is 3.40. The van der Waals surface area contributed by atoms with Gasteiger partial charge >= 0.3 is 6.03 Å². The molecule has 1 aromatic carbocycles. The van der Waals surface area contributed by atoms with Gasteiger partial charge in [-0.3, -0.25) is 14.6 Å². The van der Waals surface area contributed by atoms with Crippen LogP contribution in [0.5, 0.6) is 5.75 Å². The zero-order chi connectivity index (χ0) is 15.9.